The lowest BCUT2D eigenvalue weighted by atomic mass is 10.2. The van der Waals surface area contributed by atoms with Gasteiger partial charge in [-0.2, -0.15) is 11.3 Å². The Balaban J connectivity index is 2.13. The lowest BCUT2D eigenvalue weighted by Crippen LogP contribution is -2.02. The average Bonchev–Trinajstić information content (AvgIpc) is 2.97. The zero-order valence-corrected chi connectivity index (χ0v) is 11.6. The number of fused-ring (bicyclic) bond motifs is 1. The van der Waals surface area contributed by atoms with Gasteiger partial charge in [0.05, 0.1) is 23.5 Å². The largest absolute Gasteiger partial charge is 0.322 e. The van der Waals surface area contributed by atoms with Crippen LogP contribution < -0.4 is 0 Å². The summed E-state index contributed by atoms with van der Waals surface area (Å²) in [5.41, 5.74) is 4.71. The normalized spacial score (nSPS) is 11.2. The van der Waals surface area contributed by atoms with E-state index in [1.54, 1.807) is 11.3 Å². The van der Waals surface area contributed by atoms with Crippen molar-refractivity contribution in [2.45, 2.75) is 19.3 Å². The Labute approximate surface area is 115 Å². The van der Waals surface area contributed by atoms with E-state index in [2.05, 4.69) is 51.5 Å². The van der Waals surface area contributed by atoms with Crippen LogP contribution in [0, 0.1) is 6.92 Å². The maximum atomic E-state index is 6.00. The van der Waals surface area contributed by atoms with Crippen molar-refractivity contribution in [3.63, 3.8) is 0 Å². The molecule has 0 spiro atoms. The lowest BCUT2D eigenvalue weighted by molar-refractivity contribution is 0.781. The van der Waals surface area contributed by atoms with Crippen molar-refractivity contribution in [3.8, 4) is 0 Å². The zero-order valence-electron chi connectivity index (χ0n) is 10.1. The Morgan fingerprint density at radius 1 is 1.33 bits per heavy atom. The molecule has 0 atom stereocenters. The molecule has 2 aromatic heterocycles. The maximum absolute atomic E-state index is 6.00. The number of rotatable bonds is 3. The van der Waals surface area contributed by atoms with Crippen molar-refractivity contribution in [2.24, 2.45) is 0 Å². The van der Waals surface area contributed by atoms with E-state index in [0.717, 1.165) is 23.4 Å². The Hall–Kier alpha value is -1.32. The molecule has 0 N–H and O–H groups in total. The van der Waals surface area contributed by atoms with Gasteiger partial charge in [0.15, 0.2) is 0 Å². The van der Waals surface area contributed by atoms with Crippen molar-refractivity contribution in [1.82, 2.24) is 9.55 Å². The van der Waals surface area contributed by atoms with Crippen molar-refractivity contribution in [2.75, 3.05) is 0 Å². The molecular weight excluding hydrogens is 264 g/mol. The molecule has 0 saturated carbocycles. The molecule has 0 radical (unpaired) electrons. The van der Waals surface area contributed by atoms with Gasteiger partial charge in [-0.25, -0.2) is 4.98 Å². The standard InChI is InChI=1S/C14H13ClN2S/c1-10-2-3-13-12(6-10)16-14(7-15)17(13)8-11-4-5-18-9-11/h2-6,9H,7-8H2,1H3. The van der Waals surface area contributed by atoms with Crippen LogP contribution in [0.15, 0.2) is 35.0 Å². The molecule has 0 saturated heterocycles. The zero-order chi connectivity index (χ0) is 12.5. The molecule has 0 fully saturated rings. The Bertz CT molecular complexity index is 670. The van der Waals surface area contributed by atoms with Crippen LogP contribution in [-0.4, -0.2) is 9.55 Å². The van der Waals surface area contributed by atoms with E-state index >= 15 is 0 Å². The van der Waals surface area contributed by atoms with Crippen molar-refractivity contribution in [1.29, 1.82) is 0 Å². The van der Waals surface area contributed by atoms with E-state index < -0.39 is 0 Å². The summed E-state index contributed by atoms with van der Waals surface area (Å²) in [5.74, 6) is 1.38. The van der Waals surface area contributed by atoms with Gasteiger partial charge in [0.2, 0.25) is 0 Å². The van der Waals surface area contributed by atoms with Crippen molar-refractivity contribution >= 4 is 34.0 Å². The van der Waals surface area contributed by atoms with Gasteiger partial charge in [-0.05, 0) is 47.0 Å². The number of nitrogens with zero attached hydrogens (tertiary/aromatic N) is 2. The van der Waals surface area contributed by atoms with Gasteiger partial charge in [0.1, 0.15) is 5.82 Å². The highest BCUT2D eigenvalue weighted by molar-refractivity contribution is 7.07. The Morgan fingerprint density at radius 2 is 2.22 bits per heavy atom. The van der Waals surface area contributed by atoms with Crippen LogP contribution in [0.2, 0.25) is 0 Å². The average molecular weight is 277 g/mol. The molecular formula is C14H13ClN2S. The number of hydrogen-bond acceptors (Lipinski definition) is 2. The summed E-state index contributed by atoms with van der Waals surface area (Å²) in [6, 6.07) is 8.49. The van der Waals surface area contributed by atoms with Crippen LogP contribution in [0.25, 0.3) is 11.0 Å². The minimum absolute atomic E-state index is 0.442. The number of aryl methyl sites for hydroxylation is 1. The highest BCUT2D eigenvalue weighted by Gasteiger charge is 2.10. The van der Waals surface area contributed by atoms with Gasteiger partial charge in [-0.1, -0.05) is 6.07 Å². The minimum Gasteiger partial charge on any atom is -0.322 e. The number of imidazole rings is 1. The van der Waals surface area contributed by atoms with Gasteiger partial charge in [0.25, 0.3) is 0 Å². The first-order valence-electron chi connectivity index (χ1n) is 5.81. The number of hydrogen-bond donors (Lipinski definition) is 0. The molecule has 0 amide bonds. The van der Waals surface area contributed by atoms with Gasteiger partial charge in [-0.3, -0.25) is 0 Å². The van der Waals surface area contributed by atoms with E-state index in [1.807, 2.05) is 0 Å². The summed E-state index contributed by atoms with van der Waals surface area (Å²) >= 11 is 7.72. The predicted octanol–water partition coefficient (Wildman–Crippen LogP) is 4.19. The minimum atomic E-state index is 0.442. The van der Waals surface area contributed by atoms with Crippen LogP contribution in [0.3, 0.4) is 0 Å². The van der Waals surface area contributed by atoms with E-state index in [0.29, 0.717) is 5.88 Å². The summed E-state index contributed by atoms with van der Waals surface area (Å²) in [7, 11) is 0. The number of halogens is 1. The third kappa shape index (κ3) is 2.04. The van der Waals surface area contributed by atoms with Gasteiger partial charge in [0, 0.05) is 0 Å². The number of aromatic nitrogens is 2. The van der Waals surface area contributed by atoms with Gasteiger partial charge < -0.3 is 4.57 Å². The van der Waals surface area contributed by atoms with Crippen molar-refractivity contribution < 1.29 is 0 Å². The molecule has 2 nitrogen and oxygen atoms in total. The van der Waals surface area contributed by atoms with Crippen LogP contribution >= 0.6 is 22.9 Å². The Kier molecular flexibility index (Phi) is 3.10. The smallest absolute Gasteiger partial charge is 0.125 e. The fraction of sp³-hybridized carbons (Fsp3) is 0.214. The second-order valence-electron chi connectivity index (χ2n) is 4.37. The third-order valence-corrected chi connectivity index (χ3v) is 3.99. The summed E-state index contributed by atoms with van der Waals surface area (Å²) < 4.78 is 2.20. The number of thiophene rings is 1. The summed E-state index contributed by atoms with van der Waals surface area (Å²) in [6.07, 6.45) is 0. The molecule has 2 heterocycles. The van der Waals surface area contributed by atoms with E-state index in [4.69, 9.17) is 11.6 Å². The fourth-order valence-electron chi connectivity index (χ4n) is 2.13. The van der Waals surface area contributed by atoms with Crippen LogP contribution in [0.1, 0.15) is 17.0 Å². The topological polar surface area (TPSA) is 17.8 Å². The highest BCUT2D eigenvalue weighted by atomic mass is 35.5. The van der Waals surface area contributed by atoms with Gasteiger partial charge in [-0.15, -0.1) is 11.6 Å². The number of benzene rings is 1. The van der Waals surface area contributed by atoms with E-state index in [-0.39, 0.29) is 0 Å². The molecule has 92 valence electrons. The molecule has 0 aliphatic heterocycles. The molecule has 18 heavy (non-hydrogen) atoms. The predicted molar refractivity (Wildman–Crippen MR) is 77.4 cm³/mol. The SMILES string of the molecule is Cc1ccc2c(c1)nc(CCl)n2Cc1ccsc1. The molecule has 0 unspecified atom stereocenters. The lowest BCUT2D eigenvalue weighted by Gasteiger charge is -2.06. The number of alkyl halides is 1. The summed E-state index contributed by atoms with van der Waals surface area (Å²) in [4.78, 5) is 4.61. The third-order valence-electron chi connectivity index (χ3n) is 3.02. The quantitative estimate of drug-likeness (QED) is 0.656. The maximum Gasteiger partial charge on any atom is 0.125 e. The second-order valence-corrected chi connectivity index (χ2v) is 5.42. The Morgan fingerprint density at radius 3 is 2.94 bits per heavy atom. The molecule has 4 heteroatoms. The molecule has 0 bridgehead atoms. The molecule has 3 rings (SSSR count). The van der Waals surface area contributed by atoms with E-state index in [9.17, 15) is 0 Å². The van der Waals surface area contributed by atoms with E-state index in [1.165, 1.54) is 11.1 Å². The highest BCUT2D eigenvalue weighted by Crippen LogP contribution is 2.21. The molecule has 0 aliphatic carbocycles. The first-order valence-corrected chi connectivity index (χ1v) is 7.28. The summed E-state index contributed by atoms with van der Waals surface area (Å²) in [5, 5.41) is 4.26. The van der Waals surface area contributed by atoms with Crippen LogP contribution in [0.4, 0.5) is 0 Å². The molecule has 0 aliphatic rings. The second kappa shape index (κ2) is 4.75. The van der Waals surface area contributed by atoms with Gasteiger partial charge >= 0.3 is 0 Å². The first-order chi connectivity index (χ1) is 8.78. The molecule has 3 aromatic rings. The first kappa shape index (κ1) is 11.8. The van der Waals surface area contributed by atoms with Crippen molar-refractivity contribution in [3.05, 3.63) is 52.0 Å². The molecule has 1 aromatic carbocycles. The van der Waals surface area contributed by atoms with Crippen LogP contribution in [0.5, 0.6) is 0 Å². The van der Waals surface area contributed by atoms with Crippen LogP contribution in [-0.2, 0) is 12.4 Å². The fourth-order valence-corrected chi connectivity index (χ4v) is 3.00. The monoisotopic (exact) mass is 276 g/mol. The summed E-state index contributed by atoms with van der Waals surface area (Å²) in [6.45, 7) is 2.92.